The van der Waals surface area contributed by atoms with Crippen molar-refractivity contribution in [2.24, 2.45) is 10.9 Å². The van der Waals surface area contributed by atoms with E-state index in [0.29, 0.717) is 5.92 Å². The van der Waals surface area contributed by atoms with Gasteiger partial charge in [-0.2, -0.15) is 0 Å². The fraction of sp³-hybridized carbons (Fsp3) is 0.765. The van der Waals surface area contributed by atoms with E-state index in [9.17, 15) is 0 Å². The molecule has 0 radical (unpaired) electrons. The quantitative estimate of drug-likeness (QED) is 0.403. The van der Waals surface area contributed by atoms with Crippen LogP contribution in [0.4, 0.5) is 0 Å². The second kappa shape index (κ2) is 10.6. The third kappa shape index (κ3) is 6.75. The van der Waals surface area contributed by atoms with Crippen molar-refractivity contribution in [3.63, 3.8) is 0 Å². The number of hydrogen-bond acceptors (Lipinski definition) is 5. The Hall–Kier alpha value is -1.18. The lowest BCUT2D eigenvalue weighted by Crippen LogP contribution is -2.39. The van der Waals surface area contributed by atoms with Crippen molar-refractivity contribution >= 4 is 17.3 Å². The topological polar surface area (TPSA) is 67.8 Å². The van der Waals surface area contributed by atoms with Crippen LogP contribution in [0.15, 0.2) is 4.99 Å². The van der Waals surface area contributed by atoms with Crippen molar-refractivity contribution in [1.82, 2.24) is 15.6 Å². The van der Waals surface area contributed by atoms with Gasteiger partial charge in [-0.15, -0.1) is 11.3 Å². The molecule has 1 fully saturated rings. The Morgan fingerprint density at radius 1 is 1.38 bits per heavy atom. The van der Waals surface area contributed by atoms with E-state index in [1.54, 1.807) is 18.4 Å². The fourth-order valence-corrected chi connectivity index (χ4v) is 3.60. The Labute approximate surface area is 149 Å². The first-order valence-electron chi connectivity index (χ1n) is 8.72. The highest BCUT2D eigenvalue weighted by molar-refractivity contribution is 7.11. The van der Waals surface area contributed by atoms with E-state index >= 15 is 0 Å². The highest BCUT2D eigenvalue weighted by Crippen LogP contribution is 2.17. The number of guanidine groups is 1. The van der Waals surface area contributed by atoms with Crippen molar-refractivity contribution < 1.29 is 9.47 Å². The van der Waals surface area contributed by atoms with Gasteiger partial charge in [-0.25, -0.2) is 4.98 Å². The summed E-state index contributed by atoms with van der Waals surface area (Å²) in [7, 11) is 1.80. The molecule has 1 aromatic rings. The SMILES string of the molecule is CN=C(NCCCOCC1CCOC1)NCCc1sc(C)nc1C. The lowest BCUT2D eigenvalue weighted by Gasteiger charge is -2.12. The van der Waals surface area contributed by atoms with Gasteiger partial charge in [-0.1, -0.05) is 0 Å². The average Bonchev–Trinajstić information content (AvgIpc) is 3.18. The number of nitrogens with one attached hydrogen (secondary N) is 2. The van der Waals surface area contributed by atoms with Gasteiger partial charge in [0.05, 0.1) is 23.9 Å². The third-order valence-electron chi connectivity index (χ3n) is 4.00. The van der Waals surface area contributed by atoms with Crippen LogP contribution in [-0.2, 0) is 15.9 Å². The highest BCUT2D eigenvalue weighted by Gasteiger charge is 2.15. The van der Waals surface area contributed by atoms with Crippen LogP contribution in [0.1, 0.15) is 28.4 Å². The maximum Gasteiger partial charge on any atom is 0.190 e. The van der Waals surface area contributed by atoms with Gasteiger partial charge in [0, 0.05) is 50.6 Å². The van der Waals surface area contributed by atoms with Crippen LogP contribution in [-0.4, -0.2) is 57.5 Å². The highest BCUT2D eigenvalue weighted by atomic mass is 32.1. The number of nitrogens with zero attached hydrogens (tertiary/aromatic N) is 2. The molecule has 1 saturated heterocycles. The molecule has 2 rings (SSSR count). The predicted molar refractivity (Wildman–Crippen MR) is 99.0 cm³/mol. The van der Waals surface area contributed by atoms with E-state index in [0.717, 1.165) is 75.4 Å². The Kier molecular flexibility index (Phi) is 8.49. The predicted octanol–water partition coefficient (Wildman–Crippen LogP) is 1.91. The monoisotopic (exact) mass is 354 g/mol. The van der Waals surface area contributed by atoms with Gasteiger partial charge in [-0.05, 0) is 26.7 Å². The second-order valence-corrected chi connectivity index (χ2v) is 7.36. The lowest BCUT2D eigenvalue weighted by molar-refractivity contribution is 0.0888. The molecule has 136 valence electrons. The zero-order valence-electron chi connectivity index (χ0n) is 15.1. The molecule has 1 aliphatic heterocycles. The van der Waals surface area contributed by atoms with Crippen LogP contribution >= 0.6 is 11.3 Å². The van der Waals surface area contributed by atoms with Gasteiger partial charge in [-0.3, -0.25) is 4.99 Å². The Morgan fingerprint density at radius 2 is 2.21 bits per heavy atom. The summed E-state index contributed by atoms with van der Waals surface area (Å²) >= 11 is 1.77. The summed E-state index contributed by atoms with van der Waals surface area (Å²) in [5, 5.41) is 7.81. The summed E-state index contributed by atoms with van der Waals surface area (Å²) in [6, 6.07) is 0. The minimum atomic E-state index is 0.589. The van der Waals surface area contributed by atoms with Gasteiger partial charge >= 0.3 is 0 Å². The van der Waals surface area contributed by atoms with Crippen LogP contribution in [0.5, 0.6) is 0 Å². The summed E-state index contributed by atoms with van der Waals surface area (Å²) in [6.45, 7) is 9.19. The first-order valence-corrected chi connectivity index (χ1v) is 9.53. The van der Waals surface area contributed by atoms with Gasteiger partial charge in [0.25, 0.3) is 0 Å². The summed E-state index contributed by atoms with van der Waals surface area (Å²) in [5.41, 5.74) is 1.15. The summed E-state index contributed by atoms with van der Waals surface area (Å²) in [5.74, 6) is 1.43. The maximum absolute atomic E-state index is 5.70. The van der Waals surface area contributed by atoms with E-state index in [2.05, 4.69) is 34.5 Å². The molecule has 1 unspecified atom stereocenters. The van der Waals surface area contributed by atoms with Gasteiger partial charge in [0.15, 0.2) is 5.96 Å². The molecule has 0 spiro atoms. The van der Waals surface area contributed by atoms with Crippen molar-refractivity contribution in [2.75, 3.05) is 46.6 Å². The zero-order chi connectivity index (χ0) is 17.2. The van der Waals surface area contributed by atoms with Crippen molar-refractivity contribution in [2.45, 2.75) is 33.1 Å². The van der Waals surface area contributed by atoms with Gasteiger partial charge in [0.1, 0.15) is 0 Å². The second-order valence-electron chi connectivity index (χ2n) is 6.08. The van der Waals surface area contributed by atoms with Crippen LogP contribution in [0.2, 0.25) is 0 Å². The smallest absolute Gasteiger partial charge is 0.190 e. The minimum Gasteiger partial charge on any atom is -0.381 e. The van der Waals surface area contributed by atoms with Crippen molar-refractivity contribution in [3.05, 3.63) is 15.6 Å². The molecule has 0 aromatic carbocycles. The molecular formula is C17H30N4O2S. The van der Waals surface area contributed by atoms with Crippen LogP contribution in [0, 0.1) is 19.8 Å². The molecule has 6 nitrogen and oxygen atoms in total. The summed E-state index contributed by atoms with van der Waals surface area (Å²) in [4.78, 5) is 10.1. The minimum absolute atomic E-state index is 0.589. The molecule has 1 aliphatic rings. The molecule has 0 amide bonds. The Bertz CT molecular complexity index is 513. The van der Waals surface area contributed by atoms with E-state index in [1.807, 2.05) is 0 Å². The summed E-state index contributed by atoms with van der Waals surface area (Å²) in [6.07, 6.45) is 3.08. The van der Waals surface area contributed by atoms with Gasteiger partial charge in [0.2, 0.25) is 0 Å². The number of aryl methyl sites for hydroxylation is 2. The Balaban J connectivity index is 1.51. The van der Waals surface area contributed by atoms with E-state index in [1.165, 1.54) is 4.88 Å². The van der Waals surface area contributed by atoms with E-state index < -0.39 is 0 Å². The van der Waals surface area contributed by atoms with Gasteiger partial charge < -0.3 is 20.1 Å². The molecule has 7 heteroatoms. The standard InChI is InChI=1S/C17H30N4O2S/c1-13-16(24-14(2)21-13)5-8-20-17(18-3)19-7-4-9-22-11-15-6-10-23-12-15/h15H,4-12H2,1-3H3,(H2,18,19,20). The molecular weight excluding hydrogens is 324 g/mol. The average molecular weight is 355 g/mol. The van der Waals surface area contributed by atoms with Crippen LogP contribution in [0.25, 0.3) is 0 Å². The number of hydrogen-bond donors (Lipinski definition) is 2. The molecule has 2 N–H and O–H groups in total. The number of rotatable bonds is 9. The zero-order valence-corrected chi connectivity index (χ0v) is 15.9. The number of ether oxygens (including phenoxy) is 2. The maximum atomic E-state index is 5.70. The molecule has 2 heterocycles. The molecule has 1 aromatic heterocycles. The normalized spacial score (nSPS) is 18.1. The molecule has 0 aliphatic carbocycles. The van der Waals surface area contributed by atoms with Crippen LogP contribution < -0.4 is 10.6 Å². The fourth-order valence-electron chi connectivity index (χ4n) is 2.67. The molecule has 1 atom stereocenters. The largest absolute Gasteiger partial charge is 0.381 e. The first-order chi connectivity index (χ1) is 11.7. The molecule has 0 saturated carbocycles. The molecule has 24 heavy (non-hydrogen) atoms. The third-order valence-corrected chi connectivity index (χ3v) is 5.14. The number of aromatic nitrogens is 1. The number of aliphatic imine (C=N–C) groups is 1. The van der Waals surface area contributed by atoms with Crippen LogP contribution in [0.3, 0.4) is 0 Å². The van der Waals surface area contributed by atoms with Crippen molar-refractivity contribution in [3.8, 4) is 0 Å². The summed E-state index contributed by atoms with van der Waals surface area (Å²) < 4.78 is 11.0. The number of thiazole rings is 1. The van der Waals surface area contributed by atoms with Crippen molar-refractivity contribution in [1.29, 1.82) is 0 Å². The Morgan fingerprint density at radius 3 is 2.88 bits per heavy atom. The lowest BCUT2D eigenvalue weighted by atomic mass is 10.1. The first kappa shape index (κ1) is 19.1. The van der Waals surface area contributed by atoms with E-state index in [4.69, 9.17) is 9.47 Å². The van der Waals surface area contributed by atoms with E-state index in [-0.39, 0.29) is 0 Å². The molecule has 0 bridgehead atoms.